The molecule has 2 saturated heterocycles. The van der Waals surface area contributed by atoms with Gasteiger partial charge in [-0.25, -0.2) is 0 Å². The first-order valence-corrected chi connectivity index (χ1v) is 8.59. The van der Waals surface area contributed by atoms with Gasteiger partial charge in [-0.05, 0) is 44.6 Å². The summed E-state index contributed by atoms with van der Waals surface area (Å²) in [5.74, 6) is 0.941. The fourth-order valence-electron chi connectivity index (χ4n) is 3.40. The number of hydrogen-bond acceptors (Lipinski definition) is 2. The number of rotatable bonds is 6. The van der Waals surface area contributed by atoms with Crippen molar-refractivity contribution >= 4 is 5.96 Å². The summed E-state index contributed by atoms with van der Waals surface area (Å²) in [7, 11) is 0. The fourth-order valence-corrected chi connectivity index (χ4v) is 3.40. The van der Waals surface area contributed by atoms with Crippen LogP contribution in [-0.2, 0) is 11.2 Å². The van der Waals surface area contributed by atoms with Crippen molar-refractivity contribution in [3.8, 4) is 0 Å². The van der Waals surface area contributed by atoms with Crippen LogP contribution in [0.15, 0.2) is 35.3 Å². The SMILES string of the molecule is CCNC(=NCCCc1ccccc1)NC1CC2CCC1O2. The third kappa shape index (κ3) is 4.01. The van der Waals surface area contributed by atoms with Crippen LogP contribution in [0.25, 0.3) is 0 Å². The van der Waals surface area contributed by atoms with E-state index in [0.29, 0.717) is 18.2 Å². The van der Waals surface area contributed by atoms with Crippen molar-refractivity contribution < 1.29 is 4.74 Å². The standard InChI is InChI=1S/C18H27N3O/c1-2-19-18(21-16-13-15-10-11-17(16)22-15)20-12-6-9-14-7-4-3-5-8-14/h3-5,7-8,15-17H,2,6,9-13H2,1H3,(H2,19,20,21). The molecule has 2 fully saturated rings. The molecular formula is C18H27N3O. The Kier molecular flexibility index (Phi) is 5.33. The van der Waals surface area contributed by atoms with E-state index in [1.165, 1.54) is 18.4 Å². The van der Waals surface area contributed by atoms with E-state index >= 15 is 0 Å². The Morgan fingerprint density at radius 2 is 2.14 bits per heavy atom. The molecule has 2 bridgehead atoms. The van der Waals surface area contributed by atoms with E-state index in [1.807, 2.05) is 0 Å². The number of nitrogens with one attached hydrogen (secondary N) is 2. The van der Waals surface area contributed by atoms with E-state index in [4.69, 9.17) is 9.73 Å². The molecule has 0 amide bonds. The predicted molar refractivity (Wildman–Crippen MR) is 90.2 cm³/mol. The van der Waals surface area contributed by atoms with Gasteiger partial charge in [0, 0.05) is 13.1 Å². The van der Waals surface area contributed by atoms with E-state index in [-0.39, 0.29) is 0 Å². The number of ether oxygens (including phenoxy) is 1. The number of aliphatic imine (C=N–C) groups is 1. The Labute approximate surface area is 133 Å². The molecule has 4 nitrogen and oxygen atoms in total. The van der Waals surface area contributed by atoms with Crippen LogP contribution in [-0.4, -0.2) is 37.3 Å². The highest BCUT2D eigenvalue weighted by Gasteiger charge is 2.41. The molecule has 0 aliphatic carbocycles. The predicted octanol–water partition coefficient (Wildman–Crippen LogP) is 2.49. The van der Waals surface area contributed by atoms with Gasteiger partial charge in [0.25, 0.3) is 0 Å². The summed E-state index contributed by atoms with van der Waals surface area (Å²) in [6, 6.07) is 11.1. The summed E-state index contributed by atoms with van der Waals surface area (Å²) in [4.78, 5) is 4.71. The molecule has 0 saturated carbocycles. The minimum absolute atomic E-state index is 0.387. The van der Waals surface area contributed by atoms with Gasteiger partial charge in [-0.15, -0.1) is 0 Å². The summed E-state index contributed by atoms with van der Waals surface area (Å²) in [6.45, 7) is 3.86. The Morgan fingerprint density at radius 1 is 1.27 bits per heavy atom. The van der Waals surface area contributed by atoms with Crippen LogP contribution in [0.3, 0.4) is 0 Å². The molecule has 1 aromatic rings. The zero-order valence-corrected chi connectivity index (χ0v) is 13.4. The smallest absolute Gasteiger partial charge is 0.191 e. The van der Waals surface area contributed by atoms with Crippen LogP contribution in [0, 0.1) is 0 Å². The first-order valence-electron chi connectivity index (χ1n) is 8.59. The van der Waals surface area contributed by atoms with Crippen molar-refractivity contribution in [1.82, 2.24) is 10.6 Å². The average Bonchev–Trinajstić information content (AvgIpc) is 3.15. The largest absolute Gasteiger partial charge is 0.373 e. The molecule has 3 rings (SSSR count). The summed E-state index contributed by atoms with van der Waals surface area (Å²) in [5.41, 5.74) is 1.39. The Balaban J connectivity index is 1.45. The van der Waals surface area contributed by atoms with Crippen molar-refractivity contribution in [2.24, 2.45) is 4.99 Å². The van der Waals surface area contributed by atoms with Crippen LogP contribution < -0.4 is 10.6 Å². The van der Waals surface area contributed by atoms with Crippen LogP contribution in [0.5, 0.6) is 0 Å². The molecular weight excluding hydrogens is 274 g/mol. The molecule has 120 valence electrons. The molecule has 22 heavy (non-hydrogen) atoms. The fraction of sp³-hybridized carbons (Fsp3) is 0.611. The molecule has 3 unspecified atom stereocenters. The maximum absolute atomic E-state index is 5.90. The second-order valence-corrected chi connectivity index (χ2v) is 6.21. The van der Waals surface area contributed by atoms with E-state index < -0.39 is 0 Å². The number of benzene rings is 1. The molecule has 3 atom stereocenters. The van der Waals surface area contributed by atoms with Crippen molar-refractivity contribution in [1.29, 1.82) is 0 Å². The summed E-state index contributed by atoms with van der Waals surface area (Å²) in [5, 5.41) is 6.91. The van der Waals surface area contributed by atoms with Crippen LogP contribution >= 0.6 is 0 Å². The normalized spacial score (nSPS) is 27.1. The number of nitrogens with zero attached hydrogens (tertiary/aromatic N) is 1. The van der Waals surface area contributed by atoms with Gasteiger partial charge in [0.2, 0.25) is 0 Å². The zero-order valence-electron chi connectivity index (χ0n) is 13.4. The maximum atomic E-state index is 5.90. The van der Waals surface area contributed by atoms with E-state index in [9.17, 15) is 0 Å². The number of guanidine groups is 1. The zero-order chi connectivity index (χ0) is 15.2. The number of aryl methyl sites for hydroxylation is 1. The van der Waals surface area contributed by atoms with Gasteiger partial charge < -0.3 is 15.4 Å². The second-order valence-electron chi connectivity index (χ2n) is 6.21. The Hall–Kier alpha value is -1.55. The monoisotopic (exact) mass is 301 g/mol. The van der Waals surface area contributed by atoms with Crippen molar-refractivity contribution in [3.63, 3.8) is 0 Å². The van der Waals surface area contributed by atoms with Gasteiger partial charge in [0.1, 0.15) is 0 Å². The second kappa shape index (κ2) is 7.63. The molecule has 4 heteroatoms. The van der Waals surface area contributed by atoms with Crippen molar-refractivity contribution in [3.05, 3.63) is 35.9 Å². The molecule has 2 N–H and O–H groups in total. The molecule has 0 spiro atoms. The summed E-state index contributed by atoms with van der Waals surface area (Å²) >= 11 is 0. The average molecular weight is 301 g/mol. The first kappa shape index (κ1) is 15.3. The van der Waals surface area contributed by atoms with Gasteiger partial charge in [0.05, 0.1) is 18.2 Å². The van der Waals surface area contributed by atoms with Crippen LogP contribution in [0.4, 0.5) is 0 Å². The third-order valence-corrected chi connectivity index (χ3v) is 4.51. The molecule has 0 aromatic heterocycles. The van der Waals surface area contributed by atoms with Gasteiger partial charge in [-0.2, -0.15) is 0 Å². The van der Waals surface area contributed by atoms with E-state index in [0.717, 1.165) is 38.3 Å². The lowest BCUT2D eigenvalue weighted by Crippen LogP contribution is -2.47. The first-order chi connectivity index (χ1) is 10.8. The van der Waals surface area contributed by atoms with Crippen molar-refractivity contribution in [2.75, 3.05) is 13.1 Å². The topological polar surface area (TPSA) is 45.7 Å². The van der Waals surface area contributed by atoms with E-state index in [1.54, 1.807) is 0 Å². The highest BCUT2D eigenvalue weighted by Crippen LogP contribution is 2.34. The molecule has 2 aliphatic rings. The molecule has 1 aromatic carbocycles. The minimum atomic E-state index is 0.387. The summed E-state index contributed by atoms with van der Waals surface area (Å²) in [6.07, 6.45) is 6.57. The molecule has 2 heterocycles. The van der Waals surface area contributed by atoms with Crippen LogP contribution in [0.2, 0.25) is 0 Å². The Bertz CT molecular complexity index is 488. The molecule has 2 aliphatic heterocycles. The lowest BCUT2D eigenvalue weighted by Gasteiger charge is -2.22. The van der Waals surface area contributed by atoms with Gasteiger partial charge >= 0.3 is 0 Å². The number of hydrogen-bond donors (Lipinski definition) is 2. The van der Waals surface area contributed by atoms with Crippen molar-refractivity contribution in [2.45, 2.75) is 57.3 Å². The minimum Gasteiger partial charge on any atom is -0.373 e. The quantitative estimate of drug-likeness (QED) is 0.482. The maximum Gasteiger partial charge on any atom is 0.191 e. The molecule has 0 radical (unpaired) electrons. The van der Waals surface area contributed by atoms with Gasteiger partial charge in [-0.1, -0.05) is 30.3 Å². The highest BCUT2D eigenvalue weighted by atomic mass is 16.5. The Morgan fingerprint density at radius 3 is 2.82 bits per heavy atom. The van der Waals surface area contributed by atoms with E-state index in [2.05, 4.69) is 47.9 Å². The van der Waals surface area contributed by atoms with Crippen LogP contribution in [0.1, 0.15) is 38.2 Å². The summed E-state index contributed by atoms with van der Waals surface area (Å²) < 4.78 is 5.90. The number of fused-ring (bicyclic) bond motifs is 2. The lowest BCUT2D eigenvalue weighted by atomic mass is 9.96. The lowest BCUT2D eigenvalue weighted by molar-refractivity contribution is 0.0992. The van der Waals surface area contributed by atoms with Gasteiger partial charge in [-0.3, -0.25) is 4.99 Å². The van der Waals surface area contributed by atoms with Gasteiger partial charge in [0.15, 0.2) is 5.96 Å². The highest BCUT2D eigenvalue weighted by molar-refractivity contribution is 5.80. The third-order valence-electron chi connectivity index (χ3n) is 4.51.